The maximum Gasteiger partial charge on any atom is 0.262 e. The van der Waals surface area contributed by atoms with Gasteiger partial charge in [0.05, 0.1) is 37.4 Å². The molecule has 1 saturated heterocycles. The molecule has 38 heavy (non-hydrogen) atoms. The van der Waals surface area contributed by atoms with E-state index in [0.717, 1.165) is 44.6 Å². The van der Waals surface area contributed by atoms with E-state index in [2.05, 4.69) is 33.9 Å². The number of nitrogens with one attached hydrogen (secondary N) is 1. The first kappa shape index (κ1) is 27.6. The predicted octanol–water partition coefficient (Wildman–Crippen LogP) is 6.12. The predicted molar refractivity (Wildman–Crippen MR) is 158 cm³/mol. The van der Waals surface area contributed by atoms with E-state index < -0.39 is 11.0 Å². The van der Waals surface area contributed by atoms with Gasteiger partial charge in [-0.1, -0.05) is 53.5 Å². The van der Waals surface area contributed by atoms with Crippen LogP contribution < -0.4 is 15.2 Å². The maximum absolute atomic E-state index is 13.6. The Balaban J connectivity index is 1.43. The zero-order valence-corrected chi connectivity index (χ0v) is 25.1. The Labute approximate surface area is 237 Å². The maximum atomic E-state index is 13.6. The zero-order valence-electron chi connectivity index (χ0n) is 22.7. The largest absolute Gasteiger partial charge is 0.356 e. The molecular weight excluding hydrogens is 539 g/mol. The van der Waals surface area contributed by atoms with Crippen molar-refractivity contribution in [2.75, 3.05) is 18.0 Å². The Morgan fingerprint density at radius 1 is 1.13 bits per heavy atom. The Kier molecular flexibility index (Phi) is 7.44. The number of aryl methyl sites for hydroxylation is 1. The van der Waals surface area contributed by atoms with Gasteiger partial charge >= 0.3 is 0 Å². The van der Waals surface area contributed by atoms with Crippen LogP contribution in [0.25, 0.3) is 5.70 Å². The molecule has 2 atom stereocenters. The summed E-state index contributed by atoms with van der Waals surface area (Å²) in [5.74, 6) is 1.36. The van der Waals surface area contributed by atoms with Gasteiger partial charge in [-0.3, -0.25) is 9.36 Å². The number of piperidine rings is 1. The van der Waals surface area contributed by atoms with Gasteiger partial charge in [0.25, 0.3) is 5.56 Å². The van der Waals surface area contributed by atoms with Crippen molar-refractivity contribution in [3.63, 3.8) is 0 Å². The topological polar surface area (TPSA) is 67.2 Å². The summed E-state index contributed by atoms with van der Waals surface area (Å²) in [7, 11) is -1.18. The van der Waals surface area contributed by atoms with Gasteiger partial charge in [0.15, 0.2) is 0 Å². The standard InChI is InChI=1S/C29H36Cl2N4O2S/c1-18-26(32-19(2)35(27(18)36)23-12-8-11-22(30)24(23)31)34-15-13-29(14-16-34)17-20-9-6-7-10-21(20)25(29)33-38(37)28(3,4)5/h6-7,9-11,25,33H,8,12-17H2,1-5H3/t25-,38?/m1/s1. The number of hydrogen-bond acceptors (Lipinski definition) is 4. The SMILES string of the molecule is Cc1c(N2CCC3(CC2)Cc2ccccc2[C@H]3NS(=O)C(C)(C)C)nc(C)n(C2=C(Cl)C(Cl)=CCC2)c1=O. The third kappa shape index (κ3) is 4.80. The molecule has 1 spiro atoms. The minimum absolute atomic E-state index is 0.0252. The minimum Gasteiger partial charge on any atom is -0.356 e. The van der Waals surface area contributed by atoms with Crippen molar-refractivity contribution < 1.29 is 4.21 Å². The quantitative estimate of drug-likeness (QED) is 0.477. The average molecular weight is 576 g/mol. The van der Waals surface area contributed by atoms with Crippen LogP contribution >= 0.6 is 23.2 Å². The summed E-state index contributed by atoms with van der Waals surface area (Å²) in [6, 6.07) is 8.57. The number of benzene rings is 1. The second-order valence-electron chi connectivity index (χ2n) is 11.8. The molecule has 2 heterocycles. The summed E-state index contributed by atoms with van der Waals surface area (Å²) < 4.78 is 18.0. The van der Waals surface area contributed by atoms with E-state index in [9.17, 15) is 9.00 Å². The molecule has 1 unspecified atom stereocenters. The Hall–Kier alpha value is -1.93. The van der Waals surface area contributed by atoms with E-state index in [1.165, 1.54) is 11.1 Å². The van der Waals surface area contributed by atoms with Crippen LogP contribution in [-0.4, -0.2) is 31.6 Å². The molecule has 5 rings (SSSR count). The number of halogens is 2. The highest BCUT2D eigenvalue weighted by Crippen LogP contribution is 2.52. The lowest BCUT2D eigenvalue weighted by Gasteiger charge is -2.44. The van der Waals surface area contributed by atoms with Gasteiger partial charge in [0, 0.05) is 18.8 Å². The van der Waals surface area contributed by atoms with Crippen molar-refractivity contribution in [3.8, 4) is 0 Å². The minimum atomic E-state index is -1.18. The number of fused-ring (bicyclic) bond motifs is 1. The number of anilines is 1. The van der Waals surface area contributed by atoms with Crippen molar-refractivity contribution in [3.05, 3.63) is 73.3 Å². The highest BCUT2D eigenvalue weighted by atomic mass is 35.5. The average Bonchev–Trinajstić information content (AvgIpc) is 3.16. The number of nitrogens with zero attached hydrogens (tertiary/aromatic N) is 3. The third-order valence-corrected chi connectivity index (χ3v) is 10.7. The molecule has 1 aromatic carbocycles. The first-order chi connectivity index (χ1) is 17.9. The van der Waals surface area contributed by atoms with Crippen LogP contribution in [0.3, 0.4) is 0 Å². The number of allylic oxidation sites excluding steroid dienone is 4. The fraction of sp³-hybridized carbons (Fsp3) is 0.517. The highest BCUT2D eigenvalue weighted by molar-refractivity contribution is 7.84. The van der Waals surface area contributed by atoms with Gasteiger partial charge < -0.3 is 4.90 Å². The van der Waals surface area contributed by atoms with Crippen LogP contribution in [0.4, 0.5) is 5.82 Å². The van der Waals surface area contributed by atoms with Gasteiger partial charge in [-0.05, 0) is 83.3 Å². The van der Waals surface area contributed by atoms with Crippen LogP contribution in [0.5, 0.6) is 0 Å². The highest BCUT2D eigenvalue weighted by Gasteiger charge is 2.49. The van der Waals surface area contributed by atoms with E-state index in [-0.39, 0.29) is 21.8 Å². The fourth-order valence-electron chi connectivity index (χ4n) is 6.10. The number of rotatable bonds is 4. The normalized spacial score (nSPS) is 22.0. The molecule has 0 amide bonds. The van der Waals surface area contributed by atoms with E-state index >= 15 is 0 Å². The molecule has 2 aromatic rings. The summed E-state index contributed by atoms with van der Waals surface area (Å²) >= 11 is 12.8. The van der Waals surface area contributed by atoms with Gasteiger partial charge in [0.2, 0.25) is 0 Å². The van der Waals surface area contributed by atoms with E-state index in [1.54, 1.807) is 4.57 Å². The molecule has 0 saturated carbocycles. The van der Waals surface area contributed by atoms with Crippen molar-refractivity contribution in [2.24, 2.45) is 5.41 Å². The molecule has 1 aliphatic heterocycles. The van der Waals surface area contributed by atoms with E-state index in [4.69, 9.17) is 28.2 Å². The fourth-order valence-corrected chi connectivity index (χ4v) is 7.51. The van der Waals surface area contributed by atoms with E-state index in [1.807, 2.05) is 40.7 Å². The van der Waals surface area contributed by atoms with Gasteiger partial charge in [-0.2, -0.15) is 0 Å². The van der Waals surface area contributed by atoms with Crippen LogP contribution in [-0.2, 0) is 17.4 Å². The molecule has 0 radical (unpaired) electrons. The zero-order chi connectivity index (χ0) is 27.4. The summed E-state index contributed by atoms with van der Waals surface area (Å²) in [6.07, 6.45) is 6.06. The lowest BCUT2D eigenvalue weighted by molar-refractivity contribution is 0.177. The van der Waals surface area contributed by atoms with Crippen LogP contribution in [0.1, 0.15) is 75.0 Å². The van der Waals surface area contributed by atoms with Gasteiger partial charge in [-0.25, -0.2) is 13.9 Å². The molecular formula is C29H36Cl2N4O2S. The first-order valence-corrected chi connectivity index (χ1v) is 15.2. The van der Waals surface area contributed by atoms with Gasteiger partial charge in [-0.15, -0.1) is 0 Å². The van der Waals surface area contributed by atoms with E-state index in [0.29, 0.717) is 33.6 Å². The van der Waals surface area contributed by atoms with Crippen molar-refractivity contribution >= 4 is 45.7 Å². The lowest BCUT2D eigenvalue weighted by atomic mass is 9.73. The summed E-state index contributed by atoms with van der Waals surface area (Å²) in [4.78, 5) is 20.7. The molecule has 1 N–H and O–H groups in total. The molecule has 3 aliphatic rings. The summed E-state index contributed by atoms with van der Waals surface area (Å²) in [6.45, 7) is 11.3. The van der Waals surface area contributed by atoms with Crippen molar-refractivity contribution in [2.45, 2.75) is 77.5 Å². The first-order valence-electron chi connectivity index (χ1n) is 13.3. The number of aromatic nitrogens is 2. The van der Waals surface area contributed by atoms with Crippen molar-refractivity contribution in [1.29, 1.82) is 0 Å². The summed E-state index contributed by atoms with van der Waals surface area (Å²) in [5, 5.41) is 0.902. The molecule has 1 fully saturated rings. The molecule has 204 valence electrons. The second-order valence-corrected chi connectivity index (χ2v) is 14.5. The molecule has 1 aromatic heterocycles. The van der Waals surface area contributed by atoms with Crippen LogP contribution in [0.2, 0.25) is 0 Å². The third-order valence-electron chi connectivity index (χ3n) is 8.25. The Morgan fingerprint density at radius 2 is 1.82 bits per heavy atom. The van der Waals surface area contributed by atoms with Gasteiger partial charge in [0.1, 0.15) is 11.6 Å². The second kappa shape index (κ2) is 10.2. The summed E-state index contributed by atoms with van der Waals surface area (Å²) in [5.41, 5.74) is 3.81. The molecule has 9 heteroatoms. The lowest BCUT2D eigenvalue weighted by Crippen LogP contribution is -2.48. The number of hydrogen-bond donors (Lipinski definition) is 1. The Bertz CT molecular complexity index is 1410. The van der Waals surface area contributed by atoms with Crippen LogP contribution in [0.15, 0.2) is 45.2 Å². The molecule has 6 nitrogen and oxygen atoms in total. The molecule has 0 bridgehead atoms. The molecule has 2 aliphatic carbocycles. The monoisotopic (exact) mass is 574 g/mol. The smallest absolute Gasteiger partial charge is 0.262 e. The van der Waals surface area contributed by atoms with Crippen LogP contribution in [0, 0.1) is 19.3 Å². The van der Waals surface area contributed by atoms with Crippen molar-refractivity contribution in [1.82, 2.24) is 14.3 Å². The Morgan fingerprint density at radius 3 is 2.50 bits per heavy atom.